The van der Waals surface area contributed by atoms with Gasteiger partial charge in [-0.25, -0.2) is 0 Å². The predicted molar refractivity (Wildman–Crippen MR) is 43.5 cm³/mol. The fourth-order valence-electron chi connectivity index (χ4n) is 0.752. The number of methoxy groups -OCH3 is 1. The lowest BCUT2D eigenvalue weighted by Gasteiger charge is -2.13. The third-order valence-corrected chi connectivity index (χ3v) is 1.50. The SMILES string of the molecule is COC(CN)C(=O)NCCC(F)(F)F. The Morgan fingerprint density at radius 1 is 1.57 bits per heavy atom. The van der Waals surface area contributed by atoms with Gasteiger partial charge in [-0.1, -0.05) is 0 Å². The fourth-order valence-corrected chi connectivity index (χ4v) is 0.752. The van der Waals surface area contributed by atoms with Crippen molar-refractivity contribution in [1.29, 1.82) is 0 Å². The summed E-state index contributed by atoms with van der Waals surface area (Å²) >= 11 is 0. The molecule has 14 heavy (non-hydrogen) atoms. The zero-order valence-electron chi connectivity index (χ0n) is 7.73. The lowest BCUT2D eigenvalue weighted by atomic mass is 10.3. The number of hydrogen-bond donors (Lipinski definition) is 2. The first-order chi connectivity index (χ1) is 6.40. The molecule has 0 bridgehead atoms. The number of nitrogens with two attached hydrogens (primary N) is 1. The molecule has 0 aromatic rings. The van der Waals surface area contributed by atoms with Gasteiger partial charge in [-0.2, -0.15) is 13.2 Å². The van der Waals surface area contributed by atoms with E-state index in [1.54, 1.807) is 0 Å². The van der Waals surface area contributed by atoms with E-state index in [9.17, 15) is 18.0 Å². The van der Waals surface area contributed by atoms with Crippen LogP contribution in [-0.2, 0) is 9.53 Å². The molecule has 0 radical (unpaired) electrons. The zero-order valence-corrected chi connectivity index (χ0v) is 7.73. The van der Waals surface area contributed by atoms with Crippen molar-refractivity contribution in [2.75, 3.05) is 20.2 Å². The molecule has 7 heteroatoms. The number of ether oxygens (including phenoxy) is 1. The highest BCUT2D eigenvalue weighted by molar-refractivity contribution is 5.80. The Hall–Kier alpha value is -0.820. The Kier molecular flexibility index (Phi) is 5.47. The third kappa shape index (κ3) is 5.76. The second kappa shape index (κ2) is 5.82. The topological polar surface area (TPSA) is 64.3 Å². The average molecular weight is 214 g/mol. The molecule has 0 heterocycles. The highest BCUT2D eigenvalue weighted by Gasteiger charge is 2.27. The van der Waals surface area contributed by atoms with Gasteiger partial charge in [-0.05, 0) is 0 Å². The monoisotopic (exact) mass is 214 g/mol. The van der Waals surface area contributed by atoms with Crippen LogP contribution in [0.25, 0.3) is 0 Å². The van der Waals surface area contributed by atoms with Crippen molar-refractivity contribution in [3.8, 4) is 0 Å². The molecule has 1 atom stereocenters. The van der Waals surface area contributed by atoms with Crippen LogP contribution in [0.4, 0.5) is 13.2 Å². The van der Waals surface area contributed by atoms with E-state index in [4.69, 9.17) is 5.73 Å². The average Bonchev–Trinajstić information content (AvgIpc) is 2.04. The molecule has 0 saturated heterocycles. The van der Waals surface area contributed by atoms with E-state index in [0.29, 0.717) is 0 Å². The van der Waals surface area contributed by atoms with Gasteiger partial charge in [0.05, 0.1) is 6.42 Å². The van der Waals surface area contributed by atoms with Crippen molar-refractivity contribution < 1.29 is 22.7 Å². The van der Waals surface area contributed by atoms with Crippen LogP contribution >= 0.6 is 0 Å². The van der Waals surface area contributed by atoms with Crippen molar-refractivity contribution in [3.05, 3.63) is 0 Å². The Morgan fingerprint density at radius 2 is 2.14 bits per heavy atom. The molecule has 0 spiro atoms. The summed E-state index contributed by atoms with van der Waals surface area (Å²) in [4.78, 5) is 11.0. The van der Waals surface area contributed by atoms with Crippen LogP contribution < -0.4 is 11.1 Å². The number of alkyl halides is 3. The van der Waals surface area contributed by atoms with Crippen LogP contribution in [0, 0.1) is 0 Å². The standard InChI is InChI=1S/C7H13F3N2O2/c1-14-5(4-11)6(13)12-3-2-7(8,9)10/h5H,2-4,11H2,1H3,(H,12,13). The second-order valence-electron chi connectivity index (χ2n) is 2.62. The first kappa shape index (κ1) is 13.2. The van der Waals surface area contributed by atoms with E-state index >= 15 is 0 Å². The minimum absolute atomic E-state index is 0.0612. The minimum Gasteiger partial charge on any atom is -0.370 e. The van der Waals surface area contributed by atoms with E-state index in [1.807, 2.05) is 0 Å². The summed E-state index contributed by atoms with van der Waals surface area (Å²) in [5, 5.41) is 2.08. The van der Waals surface area contributed by atoms with Gasteiger partial charge in [0.1, 0.15) is 6.10 Å². The normalized spacial score (nSPS) is 13.8. The van der Waals surface area contributed by atoms with E-state index in [2.05, 4.69) is 10.1 Å². The van der Waals surface area contributed by atoms with Crippen molar-refractivity contribution >= 4 is 5.91 Å². The molecular formula is C7H13F3N2O2. The van der Waals surface area contributed by atoms with E-state index in [-0.39, 0.29) is 6.54 Å². The summed E-state index contributed by atoms with van der Waals surface area (Å²) in [6.45, 7) is -0.517. The lowest BCUT2D eigenvalue weighted by molar-refractivity contribution is -0.138. The zero-order chi connectivity index (χ0) is 11.2. The molecule has 84 valence electrons. The number of carbonyl (C=O) groups excluding carboxylic acids is 1. The van der Waals surface area contributed by atoms with Gasteiger partial charge in [-0.3, -0.25) is 4.79 Å². The van der Waals surface area contributed by atoms with Gasteiger partial charge in [0, 0.05) is 20.2 Å². The van der Waals surface area contributed by atoms with Gasteiger partial charge in [0.2, 0.25) is 5.91 Å². The summed E-state index contributed by atoms with van der Waals surface area (Å²) in [5.41, 5.74) is 5.13. The van der Waals surface area contributed by atoms with E-state index < -0.39 is 31.2 Å². The number of amides is 1. The number of halogens is 3. The number of hydrogen-bond acceptors (Lipinski definition) is 3. The van der Waals surface area contributed by atoms with Gasteiger partial charge in [0.15, 0.2) is 0 Å². The van der Waals surface area contributed by atoms with Gasteiger partial charge in [-0.15, -0.1) is 0 Å². The first-order valence-electron chi connectivity index (χ1n) is 3.98. The van der Waals surface area contributed by atoms with Crippen LogP contribution in [0.15, 0.2) is 0 Å². The largest absolute Gasteiger partial charge is 0.390 e. The maximum Gasteiger partial charge on any atom is 0.390 e. The maximum atomic E-state index is 11.7. The van der Waals surface area contributed by atoms with Crippen LogP contribution in [0.2, 0.25) is 0 Å². The van der Waals surface area contributed by atoms with Crippen LogP contribution in [0.1, 0.15) is 6.42 Å². The van der Waals surface area contributed by atoms with Gasteiger partial charge in [0.25, 0.3) is 0 Å². The van der Waals surface area contributed by atoms with Crippen molar-refractivity contribution in [2.24, 2.45) is 5.73 Å². The molecule has 0 aliphatic heterocycles. The molecule has 0 aliphatic rings. The molecule has 0 fully saturated rings. The fraction of sp³-hybridized carbons (Fsp3) is 0.857. The first-order valence-corrected chi connectivity index (χ1v) is 3.98. The predicted octanol–water partition coefficient (Wildman–Crippen LogP) is 0.0287. The molecule has 4 nitrogen and oxygen atoms in total. The Morgan fingerprint density at radius 3 is 2.50 bits per heavy atom. The number of rotatable bonds is 5. The number of nitrogens with one attached hydrogen (secondary N) is 1. The molecule has 0 aromatic carbocycles. The van der Waals surface area contributed by atoms with Crippen molar-refractivity contribution in [3.63, 3.8) is 0 Å². The molecule has 3 N–H and O–H groups in total. The lowest BCUT2D eigenvalue weighted by Crippen LogP contribution is -2.41. The Bertz CT molecular complexity index is 180. The highest BCUT2D eigenvalue weighted by Crippen LogP contribution is 2.18. The van der Waals surface area contributed by atoms with Crippen molar-refractivity contribution in [1.82, 2.24) is 5.32 Å². The van der Waals surface area contributed by atoms with Crippen LogP contribution in [-0.4, -0.2) is 38.4 Å². The Labute approximate surface area is 79.6 Å². The highest BCUT2D eigenvalue weighted by atomic mass is 19.4. The molecule has 0 aromatic heterocycles. The molecule has 1 unspecified atom stereocenters. The van der Waals surface area contributed by atoms with E-state index in [1.165, 1.54) is 7.11 Å². The van der Waals surface area contributed by atoms with Crippen LogP contribution in [0.5, 0.6) is 0 Å². The Balaban J connectivity index is 3.74. The van der Waals surface area contributed by atoms with Gasteiger partial charge >= 0.3 is 6.18 Å². The number of carbonyl (C=O) groups is 1. The summed E-state index contributed by atoms with van der Waals surface area (Å²) in [6.07, 6.45) is -6.21. The molecule has 0 aliphatic carbocycles. The molecular weight excluding hydrogens is 201 g/mol. The summed E-state index contributed by atoms with van der Waals surface area (Å²) in [6, 6.07) is 0. The van der Waals surface area contributed by atoms with Gasteiger partial charge < -0.3 is 15.8 Å². The van der Waals surface area contributed by atoms with E-state index in [0.717, 1.165) is 0 Å². The molecule has 0 rings (SSSR count). The molecule has 0 saturated carbocycles. The smallest absolute Gasteiger partial charge is 0.370 e. The summed E-state index contributed by atoms with van der Waals surface area (Å²) in [7, 11) is 1.26. The van der Waals surface area contributed by atoms with Crippen molar-refractivity contribution in [2.45, 2.75) is 18.7 Å². The second-order valence-corrected chi connectivity index (χ2v) is 2.62. The summed E-state index contributed by atoms with van der Waals surface area (Å²) < 4.78 is 39.6. The maximum absolute atomic E-state index is 11.7. The summed E-state index contributed by atoms with van der Waals surface area (Å²) in [5.74, 6) is -0.626. The third-order valence-electron chi connectivity index (χ3n) is 1.50. The minimum atomic E-state index is -4.27. The quantitative estimate of drug-likeness (QED) is 0.678. The molecule has 1 amide bonds. The van der Waals surface area contributed by atoms with Crippen LogP contribution in [0.3, 0.4) is 0 Å².